The minimum absolute atomic E-state index is 0.00796. The van der Waals surface area contributed by atoms with Crippen LogP contribution in [0.4, 0.5) is 0 Å². The fourth-order valence-corrected chi connectivity index (χ4v) is 3.29. The lowest BCUT2D eigenvalue weighted by molar-refractivity contribution is -0.142. The van der Waals surface area contributed by atoms with E-state index in [1.807, 2.05) is 6.92 Å². The van der Waals surface area contributed by atoms with Crippen LogP contribution < -0.4 is 0 Å². The molecular weight excluding hydrogens is 182 g/mol. The highest BCUT2D eigenvalue weighted by Gasteiger charge is 2.69. The molecule has 4 atom stereocenters. The molecular formula is C10H13NO3. The molecule has 0 aromatic carbocycles. The van der Waals surface area contributed by atoms with E-state index in [0.29, 0.717) is 0 Å². The summed E-state index contributed by atoms with van der Waals surface area (Å²) in [7, 11) is 1.58. The maximum Gasteiger partial charge on any atom is 0.238 e. The first-order chi connectivity index (χ1) is 6.56. The number of carbonyl (C=O) groups excluding carboxylic acids is 2. The highest BCUT2D eigenvalue weighted by atomic mass is 16.5. The van der Waals surface area contributed by atoms with Gasteiger partial charge >= 0.3 is 0 Å². The first-order valence-corrected chi connectivity index (χ1v) is 5.04. The van der Waals surface area contributed by atoms with E-state index in [1.165, 1.54) is 4.90 Å². The van der Waals surface area contributed by atoms with Gasteiger partial charge in [0.05, 0.1) is 23.5 Å². The zero-order valence-electron chi connectivity index (χ0n) is 8.32. The van der Waals surface area contributed by atoms with Crippen molar-refractivity contribution in [1.82, 2.24) is 4.90 Å². The van der Waals surface area contributed by atoms with Gasteiger partial charge in [0.1, 0.15) is 0 Å². The van der Waals surface area contributed by atoms with Crippen molar-refractivity contribution in [3.05, 3.63) is 0 Å². The minimum Gasteiger partial charge on any atom is -0.373 e. The summed E-state index contributed by atoms with van der Waals surface area (Å²) in [5.74, 6) is -0.317. The Morgan fingerprint density at radius 3 is 2.79 bits per heavy atom. The number of carbonyl (C=O) groups is 2. The number of fused-ring (bicyclic) bond motifs is 5. The summed E-state index contributed by atoms with van der Waals surface area (Å²) in [6.45, 7) is 1.88. The first kappa shape index (κ1) is 8.41. The normalized spacial score (nSPS) is 50.4. The van der Waals surface area contributed by atoms with Gasteiger partial charge in [-0.15, -0.1) is 0 Å². The summed E-state index contributed by atoms with van der Waals surface area (Å²) >= 11 is 0. The molecule has 76 valence electrons. The minimum atomic E-state index is -0.561. The molecule has 14 heavy (non-hydrogen) atoms. The summed E-state index contributed by atoms with van der Waals surface area (Å²) in [6, 6.07) is 0. The average Bonchev–Trinajstić information content (AvgIpc) is 2.77. The fourth-order valence-electron chi connectivity index (χ4n) is 3.29. The summed E-state index contributed by atoms with van der Waals surface area (Å²) < 4.78 is 5.66. The standard InChI is InChI=1S/C10H13NO3/c1-10-6-4-3-5(14-6)7(10)8(12)11(2)9(10)13/h5-7H,3-4H2,1-2H3/t5-,6+,7+,10+/m1/s1. The second-order valence-corrected chi connectivity index (χ2v) is 4.70. The Labute approximate surface area is 82.2 Å². The molecule has 3 rings (SSSR count). The van der Waals surface area contributed by atoms with Crippen molar-refractivity contribution in [3.63, 3.8) is 0 Å². The van der Waals surface area contributed by atoms with Gasteiger partial charge in [-0.1, -0.05) is 0 Å². The zero-order chi connectivity index (χ0) is 10.1. The Kier molecular flexibility index (Phi) is 1.31. The molecule has 4 heteroatoms. The molecule has 0 aromatic heterocycles. The third kappa shape index (κ3) is 0.639. The third-order valence-corrected chi connectivity index (χ3v) is 4.10. The molecule has 3 aliphatic rings. The zero-order valence-corrected chi connectivity index (χ0v) is 8.32. The van der Waals surface area contributed by atoms with Gasteiger partial charge in [0.25, 0.3) is 0 Å². The quantitative estimate of drug-likeness (QED) is 0.517. The number of rotatable bonds is 0. The molecule has 0 unspecified atom stereocenters. The Hall–Kier alpha value is -0.900. The lowest BCUT2D eigenvalue weighted by Gasteiger charge is -2.27. The summed E-state index contributed by atoms with van der Waals surface area (Å²) in [6.07, 6.45) is 1.81. The third-order valence-electron chi connectivity index (χ3n) is 4.10. The van der Waals surface area contributed by atoms with E-state index in [-0.39, 0.29) is 29.9 Å². The van der Waals surface area contributed by atoms with Gasteiger partial charge in [0, 0.05) is 7.05 Å². The average molecular weight is 195 g/mol. The number of likely N-dealkylation sites (tertiary alicyclic amines) is 1. The summed E-state index contributed by atoms with van der Waals surface area (Å²) in [5.41, 5.74) is -0.561. The van der Waals surface area contributed by atoms with Crippen molar-refractivity contribution < 1.29 is 14.3 Å². The molecule has 3 saturated heterocycles. The molecule has 0 radical (unpaired) electrons. The number of imide groups is 1. The van der Waals surface area contributed by atoms with Crippen LogP contribution in [0.15, 0.2) is 0 Å². The van der Waals surface area contributed by atoms with Gasteiger partial charge in [-0.05, 0) is 19.8 Å². The van der Waals surface area contributed by atoms with E-state index >= 15 is 0 Å². The molecule has 2 amide bonds. The van der Waals surface area contributed by atoms with E-state index in [9.17, 15) is 9.59 Å². The second-order valence-electron chi connectivity index (χ2n) is 4.70. The van der Waals surface area contributed by atoms with E-state index in [4.69, 9.17) is 4.74 Å². The second kappa shape index (κ2) is 2.19. The Morgan fingerprint density at radius 1 is 1.43 bits per heavy atom. The van der Waals surface area contributed by atoms with Crippen LogP contribution in [0.2, 0.25) is 0 Å². The first-order valence-electron chi connectivity index (χ1n) is 5.04. The Bertz CT molecular complexity index is 340. The van der Waals surface area contributed by atoms with Crippen molar-refractivity contribution >= 4 is 11.8 Å². The molecule has 0 spiro atoms. The number of hydrogen-bond acceptors (Lipinski definition) is 3. The van der Waals surface area contributed by atoms with Gasteiger partial charge in [-0.3, -0.25) is 14.5 Å². The summed E-state index contributed by atoms with van der Waals surface area (Å²) in [5, 5.41) is 0. The molecule has 2 bridgehead atoms. The number of ether oxygens (including phenoxy) is 1. The molecule has 0 aromatic rings. The highest BCUT2D eigenvalue weighted by Crippen LogP contribution is 2.56. The predicted octanol–water partition coefficient (Wildman–Crippen LogP) is 0.169. The molecule has 0 N–H and O–H groups in total. The molecule has 3 aliphatic heterocycles. The van der Waals surface area contributed by atoms with Gasteiger partial charge in [0.2, 0.25) is 11.8 Å². The molecule has 4 nitrogen and oxygen atoms in total. The Morgan fingerprint density at radius 2 is 2.14 bits per heavy atom. The highest BCUT2D eigenvalue weighted by molar-refractivity contribution is 6.08. The predicted molar refractivity (Wildman–Crippen MR) is 47.3 cm³/mol. The van der Waals surface area contributed by atoms with E-state index in [2.05, 4.69) is 0 Å². The smallest absolute Gasteiger partial charge is 0.238 e. The lowest BCUT2D eigenvalue weighted by Crippen LogP contribution is -2.41. The van der Waals surface area contributed by atoms with Gasteiger partial charge in [0.15, 0.2) is 0 Å². The van der Waals surface area contributed by atoms with Crippen molar-refractivity contribution in [1.29, 1.82) is 0 Å². The maximum absolute atomic E-state index is 11.9. The maximum atomic E-state index is 11.9. The van der Waals surface area contributed by atoms with Crippen molar-refractivity contribution in [2.45, 2.75) is 32.0 Å². The van der Waals surface area contributed by atoms with E-state index in [0.717, 1.165) is 12.8 Å². The molecule has 3 heterocycles. The van der Waals surface area contributed by atoms with Gasteiger partial charge in [-0.25, -0.2) is 0 Å². The monoisotopic (exact) mass is 195 g/mol. The van der Waals surface area contributed by atoms with Crippen LogP contribution in [0.1, 0.15) is 19.8 Å². The number of hydrogen-bond donors (Lipinski definition) is 0. The van der Waals surface area contributed by atoms with Crippen LogP contribution in [0.3, 0.4) is 0 Å². The van der Waals surface area contributed by atoms with Crippen LogP contribution in [0, 0.1) is 11.3 Å². The molecule has 3 fully saturated rings. The molecule has 0 aliphatic carbocycles. The number of nitrogens with zero attached hydrogens (tertiary/aromatic N) is 1. The van der Waals surface area contributed by atoms with Crippen molar-refractivity contribution in [2.75, 3.05) is 7.05 Å². The van der Waals surface area contributed by atoms with Crippen molar-refractivity contribution in [3.8, 4) is 0 Å². The van der Waals surface area contributed by atoms with E-state index in [1.54, 1.807) is 7.05 Å². The van der Waals surface area contributed by atoms with Crippen LogP contribution >= 0.6 is 0 Å². The van der Waals surface area contributed by atoms with Crippen LogP contribution in [-0.4, -0.2) is 36.0 Å². The van der Waals surface area contributed by atoms with Crippen LogP contribution in [0.5, 0.6) is 0 Å². The van der Waals surface area contributed by atoms with Crippen molar-refractivity contribution in [2.24, 2.45) is 11.3 Å². The van der Waals surface area contributed by atoms with Gasteiger partial charge < -0.3 is 4.74 Å². The SMILES string of the molecule is CN1C(=O)[C@@H]2[C@H]3CC[C@H](O3)[C@]2(C)C1=O. The lowest BCUT2D eigenvalue weighted by atomic mass is 9.69. The fraction of sp³-hybridized carbons (Fsp3) is 0.800. The largest absolute Gasteiger partial charge is 0.373 e. The topological polar surface area (TPSA) is 46.6 Å². The van der Waals surface area contributed by atoms with Crippen LogP contribution in [0.25, 0.3) is 0 Å². The van der Waals surface area contributed by atoms with Crippen LogP contribution in [-0.2, 0) is 14.3 Å². The summed E-state index contributed by atoms with van der Waals surface area (Å²) in [4.78, 5) is 25.0. The number of amides is 2. The van der Waals surface area contributed by atoms with E-state index < -0.39 is 5.41 Å². The molecule has 0 saturated carbocycles. The Balaban J connectivity index is 2.12. The van der Waals surface area contributed by atoms with Gasteiger partial charge in [-0.2, -0.15) is 0 Å².